The first kappa shape index (κ1) is 13.1. The van der Waals surface area contributed by atoms with Gasteiger partial charge in [0.2, 0.25) is 0 Å². The second kappa shape index (κ2) is 5.57. The number of hydrogen-bond donors (Lipinski definition) is 1. The Morgan fingerprint density at radius 3 is 2.37 bits per heavy atom. The van der Waals surface area contributed by atoms with Crippen LogP contribution in [0.15, 0.2) is 48.5 Å². The third kappa shape index (κ3) is 2.94. The molecule has 19 heavy (non-hydrogen) atoms. The van der Waals surface area contributed by atoms with Gasteiger partial charge in [0, 0.05) is 17.9 Å². The van der Waals surface area contributed by atoms with Crippen LogP contribution in [0, 0.1) is 6.92 Å². The lowest BCUT2D eigenvalue weighted by Gasteiger charge is -2.23. The van der Waals surface area contributed by atoms with E-state index in [4.69, 9.17) is 5.11 Å². The fourth-order valence-electron chi connectivity index (χ4n) is 2.05. The minimum absolute atomic E-state index is 0.308. The van der Waals surface area contributed by atoms with Crippen molar-refractivity contribution in [2.45, 2.75) is 13.8 Å². The van der Waals surface area contributed by atoms with Gasteiger partial charge in [-0.1, -0.05) is 23.8 Å². The highest BCUT2D eigenvalue weighted by atomic mass is 16.4. The van der Waals surface area contributed by atoms with Crippen molar-refractivity contribution >= 4 is 17.3 Å². The molecule has 0 bridgehead atoms. The van der Waals surface area contributed by atoms with Crippen LogP contribution in [0.5, 0.6) is 0 Å². The molecule has 0 radical (unpaired) electrons. The van der Waals surface area contributed by atoms with Gasteiger partial charge in [-0.2, -0.15) is 0 Å². The molecule has 3 nitrogen and oxygen atoms in total. The number of aromatic carboxylic acids is 1. The minimum Gasteiger partial charge on any atom is -0.478 e. The van der Waals surface area contributed by atoms with E-state index in [1.807, 2.05) is 32.0 Å². The van der Waals surface area contributed by atoms with Crippen molar-refractivity contribution in [3.63, 3.8) is 0 Å². The highest BCUT2D eigenvalue weighted by Gasteiger charge is 2.09. The van der Waals surface area contributed by atoms with Gasteiger partial charge in [-0.15, -0.1) is 0 Å². The Bertz CT molecular complexity index is 576. The minimum atomic E-state index is -0.901. The van der Waals surface area contributed by atoms with Crippen molar-refractivity contribution in [1.82, 2.24) is 0 Å². The SMILES string of the molecule is CCN(c1ccc(C)cc1)c1cccc(C(=O)O)c1. The lowest BCUT2D eigenvalue weighted by atomic mass is 10.1. The summed E-state index contributed by atoms with van der Waals surface area (Å²) in [5.74, 6) is -0.901. The number of carbonyl (C=O) groups is 1. The summed E-state index contributed by atoms with van der Waals surface area (Å²) in [6.45, 7) is 4.88. The van der Waals surface area contributed by atoms with E-state index in [-0.39, 0.29) is 0 Å². The van der Waals surface area contributed by atoms with Crippen LogP contribution in [0.4, 0.5) is 11.4 Å². The van der Waals surface area contributed by atoms with Gasteiger partial charge < -0.3 is 10.0 Å². The molecule has 2 aromatic carbocycles. The summed E-state index contributed by atoms with van der Waals surface area (Å²) in [5, 5.41) is 9.05. The van der Waals surface area contributed by atoms with E-state index in [0.717, 1.165) is 17.9 Å². The monoisotopic (exact) mass is 255 g/mol. The van der Waals surface area contributed by atoms with E-state index in [2.05, 4.69) is 17.0 Å². The van der Waals surface area contributed by atoms with E-state index in [1.165, 1.54) is 5.56 Å². The Labute approximate surface area is 113 Å². The van der Waals surface area contributed by atoms with E-state index < -0.39 is 5.97 Å². The molecule has 0 atom stereocenters. The van der Waals surface area contributed by atoms with Crippen LogP contribution >= 0.6 is 0 Å². The van der Waals surface area contributed by atoms with Gasteiger partial charge in [0.05, 0.1) is 5.56 Å². The third-order valence-corrected chi connectivity index (χ3v) is 3.07. The molecule has 0 unspecified atom stereocenters. The molecule has 0 saturated heterocycles. The Morgan fingerprint density at radius 2 is 1.79 bits per heavy atom. The van der Waals surface area contributed by atoms with Crippen LogP contribution in [0.1, 0.15) is 22.8 Å². The molecule has 0 aliphatic carbocycles. The molecule has 0 saturated carbocycles. The van der Waals surface area contributed by atoms with Gasteiger partial charge in [-0.05, 0) is 44.2 Å². The van der Waals surface area contributed by atoms with Crippen LogP contribution in [0.25, 0.3) is 0 Å². The number of benzene rings is 2. The van der Waals surface area contributed by atoms with Crippen molar-refractivity contribution in [3.05, 3.63) is 59.7 Å². The number of rotatable bonds is 4. The number of hydrogen-bond acceptors (Lipinski definition) is 2. The van der Waals surface area contributed by atoms with Crippen LogP contribution in [-0.4, -0.2) is 17.6 Å². The number of carboxylic acids is 1. The molecular formula is C16H17NO2. The standard InChI is InChI=1S/C16H17NO2/c1-3-17(14-9-7-12(2)8-10-14)15-6-4-5-13(11-15)16(18)19/h4-11H,3H2,1-2H3,(H,18,19). The number of aryl methyl sites for hydroxylation is 1. The molecule has 0 fully saturated rings. The second-order valence-electron chi connectivity index (χ2n) is 4.44. The zero-order valence-corrected chi connectivity index (χ0v) is 11.1. The molecule has 0 heterocycles. The molecule has 0 aromatic heterocycles. The molecule has 0 spiro atoms. The smallest absolute Gasteiger partial charge is 0.335 e. The Kier molecular flexibility index (Phi) is 3.85. The summed E-state index contributed by atoms with van der Waals surface area (Å²) in [7, 11) is 0. The van der Waals surface area contributed by atoms with Crippen LogP contribution in [-0.2, 0) is 0 Å². The van der Waals surface area contributed by atoms with E-state index in [1.54, 1.807) is 18.2 Å². The summed E-state index contributed by atoms with van der Waals surface area (Å²) in [6.07, 6.45) is 0. The van der Waals surface area contributed by atoms with Gasteiger partial charge in [0.15, 0.2) is 0 Å². The average molecular weight is 255 g/mol. The van der Waals surface area contributed by atoms with E-state index >= 15 is 0 Å². The number of nitrogens with zero attached hydrogens (tertiary/aromatic N) is 1. The van der Waals surface area contributed by atoms with Crippen molar-refractivity contribution < 1.29 is 9.90 Å². The second-order valence-corrected chi connectivity index (χ2v) is 4.44. The largest absolute Gasteiger partial charge is 0.478 e. The summed E-state index contributed by atoms with van der Waals surface area (Å²) in [6, 6.07) is 15.2. The maximum atomic E-state index is 11.0. The lowest BCUT2D eigenvalue weighted by molar-refractivity contribution is 0.0697. The molecule has 0 aliphatic heterocycles. The summed E-state index contributed by atoms with van der Waals surface area (Å²) < 4.78 is 0. The fourth-order valence-corrected chi connectivity index (χ4v) is 2.05. The summed E-state index contributed by atoms with van der Waals surface area (Å²) >= 11 is 0. The Morgan fingerprint density at radius 1 is 1.11 bits per heavy atom. The summed E-state index contributed by atoms with van der Waals surface area (Å²) in [5.41, 5.74) is 3.48. The quantitative estimate of drug-likeness (QED) is 0.902. The fraction of sp³-hybridized carbons (Fsp3) is 0.188. The average Bonchev–Trinajstić information content (AvgIpc) is 2.42. The van der Waals surface area contributed by atoms with Gasteiger partial charge >= 0.3 is 5.97 Å². The molecule has 1 N–H and O–H groups in total. The maximum Gasteiger partial charge on any atom is 0.335 e. The molecule has 0 aliphatic rings. The molecule has 2 rings (SSSR count). The highest BCUT2D eigenvalue weighted by Crippen LogP contribution is 2.26. The topological polar surface area (TPSA) is 40.5 Å². The lowest BCUT2D eigenvalue weighted by Crippen LogP contribution is -2.16. The van der Waals surface area contributed by atoms with E-state index in [9.17, 15) is 4.79 Å². The van der Waals surface area contributed by atoms with Gasteiger partial charge in [0.1, 0.15) is 0 Å². The van der Waals surface area contributed by atoms with Crippen molar-refractivity contribution in [2.24, 2.45) is 0 Å². The highest BCUT2D eigenvalue weighted by molar-refractivity contribution is 5.89. The normalized spacial score (nSPS) is 10.2. The number of carboxylic acid groups (broad SMARTS) is 1. The molecule has 2 aromatic rings. The predicted molar refractivity (Wildman–Crippen MR) is 77.3 cm³/mol. The predicted octanol–water partition coefficient (Wildman–Crippen LogP) is 3.85. The van der Waals surface area contributed by atoms with Crippen molar-refractivity contribution in [2.75, 3.05) is 11.4 Å². The molecule has 3 heteroatoms. The molecule has 98 valence electrons. The van der Waals surface area contributed by atoms with E-state index in [0.29, 0.717) is 5.56 Å². The van der Waals surface area contributed by atoms with Crippen LogP contribution in [0.2, 0.25) is 0 Å². The van der Waals surface area contributed by atoms with Crippen LogP contribution < -0.4 is 4.90 Å². The zero-order valence-electron chi connectivity index (χ0n) is 11.1. The molecule has 0 amide bonds. The van der Waals surface area contributed by atoms with Gasteiger partial charge in [0.25, 0.3) is 0 Å². The first-order valence-corrected chi connectivity index (χ1v) is 6.29. The first-order chi connectivity index (χ1) is 9.11. The van der Waals surface area contributed by atoms with Crippen molar-refractivity contribution in [3.8, 4) is 0 Å². The molecular weight excluding hydrogens is 238 g/mol. The first-order valence-electron chi connectivity index (χ1n) is 6.29. The number of anilines is 2. The van der Waals surface area contributed by atoms with Gasteiger partial charge in [-0.3, -0.25) is 0 Å². The van der Waals surface area contributed by atoms with Crippen molar-refractivity contribution in [1.29, 1.82) is 0 Å². The maximum absolute atomic E-state index is 11.0. The Balaban J connectivity index is 2.39. The Hall–Kier alpha value is -2.29. The zero-order chi connectivity index (χ0) is 13.8. The summed E-state index contributed by atoms with van der Waals surface area (Å²) in [4.78, 5) is 13.1. The van der Waals surface area contributed by atoms with Gasteiger partial charge in [-0.25, -0.2) is 4.79 Å². The third-order valence-electron chi connectivity index (χ3n) is 3.07. The van der Waals surface area contributed by atoms with Crippen LogP contribution in [0.3, 0.4) is 0 Å².